The molecule has 1 fully saturated rings. The molecule has 1 aromatic rings. The Balaban J connectivity index is 2.18. The van der Waals surface area contributed by atoms with Gasteiger partial charge in [-0.05, 0) is 52.3 Å². The van der Waals surface area contributed by atoms with E-state index in [1.165, 1.54) is 5.56 Å². The lowest BCUT2D eigenvalue weighted by Gasteiger charge is -2.13. The van der Waals surface area contributed by atoms with Crippen LogP contribution in [0, 0.1) is 13.8 Å². The van der Waals surface area contributed by atoms with Gasteiger partial charge in [-0.15, -0.1) is 0 Å². The van der Waals surface area contributed by atoms with E-state index < -0.39 is 9.84 Å². The number of rotatable bonds is 5. The van der Waals surface area contributed by atoms with Crippen molar-refractivity contribution >= 4 is 9.84 Å². The molecule has 0 aromatic carbocycles. The molecule has 1 aromatic heterocycles. The van der Waals surface area contributed by atoms with Gasteiger partial charge in [0.15, 0.2) is 9.84 Å². The van der Waals surface area contributed by atoms with E-state index in [0.717, 1.165) is 30.8 Å². The molecule has 0 amide bonds. The fraction of sp³-hybridized carbons (Fsp3) is 0.714. The second-order valence-corrected chi connectivity index (χ2v) is 7.77. The highest BCUT2D eigenvalue weighted by Gasteiger charge is 2.31. The van der Waals surface area contributed by atoms with Crippen molar-refractivity contribution in [3.8, 4) is 0 Å². The maximum atomic E-state index is 11.6. The smallest absolute Gasteiger partial charge is 0.151 e. The van der Waals surface area contributed by atoms with Crippen LogP contribution in [-0.2, 0) is 16.3 Å². The molecular weight excluding hydrogens is 274 g/mol. The molecule has 0 aliphatic carbocycles. The van der Waals surface area contributed by atoms with Crippen LogP contribution in [0.3, 0.4) is 0 Å². The van der Waals surface area contributed by atoms with Crippen LogP contribution in [0.1, 0.15) is 41.5 Å². The van der Waals surface area contributed by atoms with Gasteiger partial charge < -0.3 is 5.32 Å². The second-order valence-electron chi connectivity index (χ2n) is 5.54. The largest absolute Gasteiger partial charge is 0.320 e. The van der Waals surface area contributed by atoms with Crippen molar-refractivity contribution in [1.29, 1.82) is 0 Å². The summed E-state index contributed by atoms with van der Waals surface area (Å²) < 4.78 is 23.1. The Hall–Kier alpha value is -1.01. The highest BCUT2D eigenvalue weighted by atomic mass is 32.2. The van der Waals surface area contributed by atoms with Gasteiger partial charge in [-0.2, -0.15) is 0 Å². The Morgan fingerprint density at radius 2 is 1.90 bits per heavy atom. The third-order valence-corrected chi connectivity index (χ3v) is 5.66. The van der Waals surface area contributed by atoms with Crippen molar-refractivity contribution < 1.29 is 8.42 Å². The normalized spacial score (nSPS) is 21.2. The molecule has 1 atom stereocenters. The van der Waals surface area contributed by atoms with Gasteiger partial charge in [0.1, 0.15) is 5.82 Å². The molecule has 5 nitrogen and oxygen atoms in total. The van der Waals surface area contributed by atoms with Crippen LogP contribution >= 0.6 is 0 Å². The number of nitrogens with one attached hydrogen (secondary N) is 1. The summed E-state index contributed by atoms with van der Waals surface area (Å²) in [4.78, 5) is 9.13. The monoisotopic (exact) mass is 297 g/mol. The van der Waals surface area contributed by atoms with E-state index in [2.05, 4.69) is 15.3 Å². The van der Waals surface area contributed by atoms with Crippen molar-refractivity contribution in [3.05, 3.63) is 22.8 Å². The van der Waals surface area contributed by atoms with E-state index in [1.54, 1.807) is 0 Å². The van der Waals surface area contributed by atoms with Crippen molar-refractivity contribution in [2.24, 2.45) is 0 Å². The van der Waals surface area contributed by atoms with E-state index in [4.69, 9.17) is 0 Å². The molecule has 0 radical (unpaired) electrons. The molecule has 2 heterocycles. The van der Waals surface area contributed by atoms with Gasteiger partial charge in [0.05, 0.1) is 11.5 Å². The van der Waals surface area contributed by atoms with Crippen LogP contribution in [0.2, 0.25) is 0 Å². The van der Waals surface area contributed by atoms with E-state index in [0.29, 0.717) is 12.2 Å². The quantitative estimate of drug-likeness (QED) is 0.825. The average molecular weight is 297 g/mol. The number of nitrogens with zero attached hydrogens (tertiary/aromatic N) is 2. The maximum Gasteiger partial charge on any atom is 0.151 e. The zero-order valence-corrected chi connectivity index (χ0v) is 13.3. The Labute approximate surface area is 121 Å². The van der Waals surface area contributed by atoms with Gasteiger partial charge in [-0.1, -0.05) is 0 Å². The van der Waals surface area contributed by atoms with Gasteiger partial charge in [0.25, 0.3) is 0 Å². The van der Waals surface area contributed by atoms with Crippen LogP contribution in [0.15, 0.2) is 0 Å². The van der Waals surface area contributed by atoms with E-state index >= 15 is 0 Å². The molecule has 1 aliphatic rings. The highest BCUT2D eigenvalue weighted by Crippen LogP contribution is 2.27. The molecule has 1 N–H and O–H groups in total. The predicted octanol–water partition coefficient (Wildman–Crippen LogP) is 1.15. The first kappa shape index (κ1) is 15.4. The molecule has 0 bridgehead atoms. The minimum atomic E-state index is -2.89. The zero-order valence-electron chi connectivity index (χ0n) is 12.4. The lowest BCUT2D eigenvalue weighted by Crippen LogP contribution is -2.13. The second kappa shape index (κ2) is 6.18. The molecule has 2 rings (SSSR count). The number of aryl methyl sites for hydroxylation is 2. The first-order valence-electron chi connectivity index (χ1n) is 7.12. The predicted molar refractivity (Wildman–Crippen MR) is 79.8 cm³/mol. The summed E-state index contributed by atoms with van der Waals surface area (Å²) in [7, 11) is -0.941. The maximum absolute atomic E-state index is 11.6. The summed E-state index contributed by atoms with van der Waals surface area (Å²) in [5.41, 5.74) is 3.19. The van der Waals surface area contributed by atoms with E-state index in [9.17, 15) is 8.42 Å². The third-order valence-electron chi connectivity index (χ3n) is 3.89. The summed E-state index contributed by atoms with van der Waals surface area (Å²) in [6, 6.07) is 0. The molecule has 1 saturated heterocycles. The molecular formula is C14H23N3O2S. The van der Waals surface area contributed by atoms with Crippen LogP contribution < -0.4 is 5.32 Å². The lowest BCUT2D eigenvalue weighted by atomic mass is 10.0. The SMILES string of the molecule is CNCCCc1c(C)nc(C2CCS(=O)(=O)C2)nc1C. The van der Waals surface area contributed by atoms with Crippen LogP contribution in [-0.4, -0.2) is 43.5 Å². The van der Waals surface area contributed by atoms with Crippen molar-refractivity contribution in [1.82, 2.24) is 15.3 Å². The fourth-order valence-electron chi connectivity index (χ4n) is 2.75. The highest BCUT2D eigenvalue weighted by molar-refractivity contribution is 7.91. The third kappa shape index (κ3) is 3.55. The Morgan fingerprint density at radius 3 is 2.40 bits per heavy atom. The van der Waals surface area contributed by atoms with Gasteiger partial charge in [0, 0.05) is 17.3 Å². The van der Waals surface area contributed by atoms with Crippen molar-refractivity contribution in [3.63, 3.8) is 0 Å². The summed E-state index contributed by atoms with van der Waals surface area (Å²) in [6.07, 6.45) is 2.67. The minimum absolute atomic E-state index is 0.0243. The lowest BCUT2D eigenvalue weighted by molar-refractivity contribution is 0.600. The Kier molecular flexibility index (Phi) is 4.75. The first-order chi connectivity index (χ1) is 9.43. The molecule has 0 saturated carbocycles. The molecule has 0 spiro atoms. The average Bonchev–Trinajstić information content (AvgIpc) is 2.73. The Morgan fingerprint density at radius 1 is 1.25 bits per heavy atom. The van der Waals surface area contributed by atoms with E-state index in [-0.39, 0.29) is 17.4 Å². The van der Waals surface area contributed by atoms with E-state index in [1.807, 2.05) is 20.9 Å². The minimum Gasteiger partial charge on any atom is -0.320 e. The summed E-state index contributed by atoms with van der Waals surface area (Å²) in [6.45, 7) is 4.97. The fourth-order valence-corrected chi connectivity index (χ4v) is 4.49. The topological polar surface area (TPSA) is 72.0 Å². The Bertz CT molecular complexity index is 561. The van der Waals surface area contributed by atoms with Gasteiger partial charge in [0.2, 0.25) is 0 Å². The number of sulfone groups is 1. The zero-order chi connectivity index (χ0) is 14.8. The van der Waals surface area contributed by atoms with Gasteiger partial charge >= 0.3 is 0 Å². The molecule has 1 unspecified atom stereocenters. The van der Waals surface area contributed by atoms with Gasteiger partial charge in [-0.3, -0.25) is 0 Å². The number of hydrogen-bond acceptors (Lipinski definition) is 5. The van der Waals surface area contributed by atoms with Gasteiger partial charge in [-0.25, -0.2) is 18.4 Å². The number of aromatic nitrogens is 2. The summed E-state index contributed by atoms with van der Waals surface area (Å²) in [5, 5.41) is 3.13. The molecule has 1 aliphatic heterocycles. The summed E-state index contributed by atoms with van der Waals surface area (Å²) >= 11 is 0. The first-order valence-corrected chi connectivity index (χ1v) is 8.94. The number of hydrogen-bond donors (Lipinski definition) is 1. The molecule has 112 valence electrons. The summed E-state index contributed by atoms with van der Waals surface area (Å²) in [5.74, 6) is 1.15. The van der Waals surface area contributed by atoms with Crippen LogP contribution in [0.25, 0.3) is 0 Å². The van der Waals surface area contributed by atoms with Crippen LogP contribution in [0.5, 0.6) is 0 Å². The standard InChI is InChI=1S/C14H23N3O2S/c1-10-13(5-4-7-15-3)11(2)17-14(16-10)12-6-8-20(18,19)9-12/h12,15H,4-9H2,1-3H3. The van der Waals surface area contributed by atoms with Crippen molar-refractivity contribution in [2.75, 3.05) is 25.1 Å². The molecule has 20 heavy (non-hydrogen) atoms. The molecule has 6 heteroatoms. The van der Waals surface area contributed by atoms with Crippen molar-refractivity contribution in [2.45, 2.75) is 39.0 Å². The van der Waals surface area contributed by atoms with Crippen LogP contribution in [0.4, 0.5) is 0 Å².